The fraction of sp³-hybridized carbons (Fsp3) is 0.333. The van der Waals surface area contributed by atoms with Crippen molar-refractivity contribution in [3.8, 4) is 5.75 Å². The summed E-state index contributed by atoms with van der Waals surface area (Å²) < 4.78 is 18.4. The van der Waals surface area contributed by atoms with Crippen molar-refractivity contribution in [3.63, 3.8) is 0 Å². The van der Waals surface area contributed by atoms with E-state index < -0.39 is 11.8 Å². The van der Waals surface area contributed by atoms with Gasteiger partial charge in [0.25, 0.3) is 0 Å². The Morgan fingerprint density at radius 3 is 2.57 bits per heavy atom. The molecule has 0 N–H and O–H groups in total. The third-order valence-corrected chi connectivity index (χ3v) is 5.52. The van der Waals surface area contributed by atoms with Gasteiger partial charge in [0.1, 0.15) is 5.75 Å². The summed E-state index contributed by atoms with van der Waals surface area (Å²) in [7, 11) is 0. The largest absolute Gasteiger partial charge is 0.465 e. The molecule has 0 aromatic heterocycles. The second kappa shape index (κ2) is 8.76. The quantitative estimate of drug-likeness (QED) is 0.287. The van der Waals surface area contributed by atoms with Gasteiger partial charge in [0.2, 0.25) is 6.29 Å². The van der Waals surface area contributed by atoms with E-state index in [1.165, 1.54) is 0 Å². The summed E-state index contributed by atoms with van der Waals surface area (Å²) in [5.41, 5.74) is 9.46. The van der Waals surface area contributed by atoms with E-state index in [2.05, 4.69) is 16.1 Å². The molecule has 0 aliphatic carbocycles. The summed E-state index contributed by atoms with van der Waals surface area (Å²) in [4.78, 5) is 3.09. The second-order valence-corrected chi connectivity index (χ2v) is 7.87. The van der Waals surface area contributed by atoms with Gasteiger partial charge in [-0.1, -0.05) is 72.7 Å². The number of azide groups is 1. The maximum Gasteiger partial charge on any atom is 0.200 e. The van der Waals surface area contributed by atoms with Gasteiger partial charge >= 0.3 is 0 Å². The van der Waals surface area contributed by atoms with E-state index in [1.807, 2.05) is 80.6 Å². The molecule has 0 bridgehead atoms. The first-order valence-corrected chi connectivity index (χ1v) is 10.1. The second-order valence-electron chi connectivity index (χ2n) is 7.87. The molecule has 1 fully saturated rings. The zero-order valence-corrected chi connectivity index (χ0v) is 17.1. The third-order valence-electron chi connectivity index (χ3n) is 5.52. The first-order chi connectivity index (χ1) is 14.6. The minimum Gasteiger partial charge on any atom is -0.465 e. The van der Waals surface area contributed by atoms with Crippen LogP contribution < -0.4 is 4.74 Å². The first kappa shape index (κ1) is 20.2. The van der Waals surface area contributed by atoms with E-state index in [0.29, 0.717) is 13.0 Å². The topological polar surface area (TPSA) is 76.5 Å². The molecule has 0 radical (unpaired) electrons. The first-order valence-electron chi connectivity index (χ1n) is 10.1. The highest BCUT2D eigenvalue weighted by molar-refractivity contribution is 5.83. The van der Waals surface area contributed by atoms with Crippen LogP contribution in [0, 0.1) is 0 Å². The Kier molecular flexibility index (Phi) is 5.91. The molecule has 4 atom stereocenters. The van der Waals surface area contributed by atoms with Crippen LogP contribution in [-0.4, -0.2) is 24.0 Å². The van der Waals surface area contributed by atoms with Gasteiger partial charge in [-0.3, -0.25) is 0 Å². The van der Waals surface area contributed by atoms with Crippen LogP contribution in [0.2, 0.25) is 0 Å². The monoisotopic (exact) mass is 403 g/mol. The zero-order valence-electron chi connectivity index (χ0n) is 17.1. The molecule has 4 rings (SSSR count). The van der Waals surface area contributed by atoms with Gasteiger partial charge < -0.3 is 14.2 Å². The Morgan fingerprint density at radius 2 is 1.80 bits per heavy atom. The van der Waals surface area contributed by atoms with Crippen LogP contribution in [0.5, 0.6) is 5.75 Å². The van der Waals surface area contributed by atoms with Crippen LogP contribution in [0.15, 0.2) is 77.9 Å². The highest BCUT2D eigenvalue weighted by atomic mass is 16.7. The summed E-state index contributed by atoms with van der Waals surface area (Å²) in [6, 6.07) is 24.0. The van der Waals surface area contributed by atoms with Crippen molar-refractivity contribution in [1.29, 1.82) is 0 Å². The molecule has 0 unspecified atom stereocenters. The fourth-order valence-corrected chi connectivity index (χ4v) is 4.06. The van der Waals surface area contributed by atoms with Crippen molar-refractivity contribution in [1.82, 2.24) is 0 Å². The van der Waals surface area contributed by atoms with Gasteiger partial charge in [0.05, 0.1) is 24.4 Å². The van der Waals surface area contributed by atoms with E-state index in [4.69, 9.17) is 14.2 Å². The average molecular weight is 403 g/mol. The lowest BCUT2D eigenvalue weighted by Crippen LogP contribution is -2.55. The van der Waals surface area contributed by atoms with Crippen LogP contribution in [-0.2, 0) is 16.1 Å². The molecule has 1 aliphatic heterocycles. The summed E-state index contributed by atoms with van der Waals surface area (Å²) in [6.45, 7) is 4.25. The number of hydrogen-bond acceptors (Lipinski definition) is 4. The van der Waals surface area contributed by atoms with Crippen molar-refractivity contribution in [2.45, 2.75) is 50.9 Å². The van der Waals surface area contributed by atoms with Crippen molar-refractivity contribution in [3.05, 3.63) is 88.8 Å². The Labute approximate surface area is 176 Å². The van der Waals surface area contributed by atoms with E-state index >= 15 is 0 Å². The fourth-order valence-electron chi connectivity index (χ4n) is 4.06. The molecule has 0 spiro atoms. The third kappa shape index (κ3) is 4.41. The predicted octanol–water partition coefficient (Wildman–Crippen LogP) is 6.01. The van der Waals surface area contributed by atoms with Gasteiger partial charge in [-0.25, -0.2) is 0 Å². The molecule has 1 aliphatic rings. The summed E-state index contributed by atoms with van der Waals surface area (Å²) in [5.74, 6) is 0.720. The lowest BCUT2D eigenvalue weighted by molar-refractivity contribution is -0.219. The molecule has 3 aromatic rings. The van der Waals surface area contributed by atoms with E-state index in [-0.39, 0.29) is 12.2 Å². The smallest absolute Gasteiger partial charge is 0.200 e. The minimum atomic E-state index is -0.789. The maximum absolute atomic E-state index is 9.19. The number of nitrogens with zero attached hydrogens (tertiary/aromatic N) is 3. The molecule has 6 nitrogen and oxygen atoms in total. The molecule has 3 aromatic carbocycles. The van der Waals surface area contributed by atoms with E-state index in [0.717, 1.165) is 22.1 Å². The van der Waals surface area contributed by atoms with E-state index in [1.54, 1.807) is 0 Å². The maximum atomic E-state index is 9.19. The van der Waals surface area contributed by atoms with Crippen molar-refractivity contribution < 1.29 is 14.2 Å². The Balaban J connectivity index is 1.50. The summed E-state index contributed by atoms with van der Waals surface area (Å²) >= 11 is 0. The normalized spacial score (nSPS) is 26.1. The van der Waals surface area contributed by atoms with Gasteiger partial charge in [-0.15, -0.1) is 0 Å². The summed E-state index contributed by atoms with van der Waals surface area (Å²) in [6.07, 6.45) is -0.824. The van der Waals surface area contributed by atoms with Crippen LogP contribution in [0.4, 0.5) is 0 Å². The highest BCUT2D eigenvalue weighted by Crippen LogP contribution is 2.36. The van der Waals surface area contributed by atoms with Crippen molar-refractivity contribution >= 4 is 10.8 Å². The number of hydrogen-bond donors (Lipinski definition) is 0. The minimum absolute atomic E-state index is 0.302. The SMILES string of the molecule is C[C@@H]1O[C@@H](Oc2ccc3ccccc3c2)C[C@](C)(N=[N+]=[N-])[C@@H]1OCc1ccccc1. The zero-order chi connectivity index (χ0) is 21.0. The van der Waals surface area contributed by atoms with Crippen LogP contribution in [0.1, 0.15) is 25.8 Å². The van der Waals surface area contributed by atoms with Crippen LogP contribution in [0.25, 0.3) is 21.2 Å². The molecule has 154 valence electrons. The lowest BCUT2D eigenvalue weighted by atomic mass is 9.86. The molecule has 0 saturated carbocycles. The molecule has 0 amide bonds. The Morgan fingerprint density at radius 1 is 1.07 bits per heavy atom. The summed E-state index contributed by atoms with van der Waals surface area (Å²) in [5, 5.41) is 6.34. The number of rotatable bonds is 6. The van der Waals surface area contributed by atoms with Gasteiger partial charge in [0, 0.05) is 11.3 Å². The Hall–Kier alpha value is -3.05. The molecular formula is C24H25N3O3. The van der Waals surface area contributed by atoms with Gasteiger partial charge in [0.15, 0.2) is 0 Å². The predicted molar refractivity (Wildman–Crippen MR) is 116 cm³/mol. The molecule has 1 heterocycles. The molecular weight excluding hydrogens is 378 g/mol. The van der Waals surface area contributed by atoms with Crippen LogP contribution in [0.3, 0.4) is 0 Å². The van der Waals surface area contributed by atoms with Gasteiger partial charge in [-0.05, 0) is 40.9 Å². The van der Waals surface area contributed by atoms with Gasteiger partial charge in [-0.2, -0.15) is 0 Å². The number of ether oxygens (including phenoxy) is 3. The number of benzene rings is 3. The highest BCUT2D eigenvalue weighted by Gasteiger charge is 2.46. The Bertz CT molecular complexity index is 1050. The molecule has 6 heteroatoms. The average Bonchev–Trinajstić information content (AvgIpc) is 2.74. The molecule has 30 heavy (non-hydrogen) atoms. The molecule has 1 saturated heterocycles. The lowest BCUT2D eigenvalue weighted by Gasteiger charge is -2.44. The van der Waals surface area contributed by atoms with Crippen LogP contribution >= 0.6 is 0 Å². The number of fused-ring (bicyclic) bond motifs is 1. The van der Waals surface area contributed by atoms with Crippen molar-refractivity contribution in [2.24, 2.45) is 5.11 Å². The van der Waals surface area contributed by atoms with E-state index in [9.17, 15) is 5.53 Å². The van der Waals surface area contributed by atoms with Crippen molar-refractivity contribution in [2.75, 3.05) is 0 Å². The standard InChI is InChI=1S/C24H25N3O3/c1-17-23(28-16-18-8-4-3-5-9-18)24(2,26-27-25)15-22(29-17)30-21-13-12-19-10-6-7-11-20(19)14-21/h3-14,17,22-23H,15-16H2,1-2H3/t17-,22-,23+,24-/m0/s1.